The summed E-state index contributed by atoms with van der Waals surface area (Å²) in [4.78, 5) is 9.65. The monoisotopic (exact) mass is 169 g/mol. The van der Waals surface area contributed by atoms with Crippen LogP contribution < -0.4 is 0 Å². The molecular formula is C7H4ClNO2. The Bertz CT molecular complexity index is 298. The number of nitrogens with zero attached hydrogens (tertiary/aromatic N) is 1. The van der Waals surface area contributed by atoms with Gasteiger partial charge in [0.05, 0.1) is 9.95 Å². The molecule has 0 saturated heterocycles. The lowest BCUT2D eigenvalue weighted by atomic mass is 10.2. The predicted octanol–water partition coefficient (Wildman–Crippen LogP) is 2.31. The maximum atomic E-state index is 10.2. The van der Waals surface area contributed by atoms with E-state index in [2.05, 4.69) is 0 Å². The zero-order valence-electron chi connectivity index (χ0n) is 5.45. The van der Waals surface area contributed by atoms with Gasteiger partial charge in [-0.25, -0.2) is 0 Å². The molecule has 0 heterocycles. The molecule has 0 fully saturated rings. The molecule has 0 bridgehead atoms. The average molecular weight is 170 g/mol. The van der Waals surface area contributed by atoms with Crippen LogP contribution >= 0.6 is 11.6 Å². The fourth-order valence-electron chi connectivity index (χ4n) is 0.630. The Morgan fingerprint density at radius 2 is 2.18 bits per heavy atom. The number of nitro groups is 1. The number of non-ortho nitro benzene ring substituents is 1. The first-order valence-electron chi connectivity index (χ1n) is 2.80. The van der Waals surface area contributed by atoms with Crippen LogP contribution in [-0.4, -0.2) is 4.92 Å². The van der Waals surface area contributed by atoms with Gasteiger partial charge >= 0.3 is 0 Å². The minimum atomic E-state index is -0.522. The minimum absolute atomic E-state index is 0.0517. The Kier molecular flexibility index (Phi) is 2.10. The summed E-state index contributed by atoms with van der Waals surface area (Å²) in [6.45, 7) is 5.33. The third-order valence-electron chi connectivity index (χ3n) is 1.19. The molecule has 56 valence electrons. The normalized spacial score (nSPS) is 9.64. The van der Waals surface area contributed by atoms with Crippen molar-refractivity contribution < 1.29 is 4.92 Å². The van der Waals surface area contributed by atoms with Crippen LogP contribution in [0.25, 0.3) is 0 Å². The standard InChI is InChI=1S/C7H4ClNO2/c1-5-2-3-6(9(10)11)4-7(5)8/h1-4H. The lowest BCUT2D eigenvalue weighted by Gasteiger charge is -1.94. The van der Waals surface area contributed by atoms with E-state index < -0.39 is 4.92 Å². The van der Waals surface area contributed by atoms with Crippen molar-refractivity contribution in [3.8, 4) is 0 Å². The number of benzene rings is 1. The molecule has 0 aromatic heterocycles. The van der Waals surface area contributed by atoms with Gasteiger partial charge in [-0.15, -0.1) is 0 Å². The summed E-state index contributed by atoms with van der Waals surface area (Å²) >= 11 is 5.53. The van der Waals surface area contributed by atoms with Gasteiger partial charge in [0.2, 0.25) is 0 Å². The quantitative estimate of drug-likeness (QED) is 0.478. The van der Waals surface area contributed by atoms with Gasteiger partial charge in [-0.3, -0.25) is 10.1 Å². The van der Waals surface area contributed by atoms with E-state index in [0.29, 0.717) is 5.56 Å². The molecule has 0 amide bonds. The topological polar surface area (TPSA) is 43.1 Å². The Labute approximate surface area is 68.8 Å². The summed E-state index contributed by atoms with van der Waals surface area (Å²) in [5, 5.41) is 10.4. The van der Waals surface area contributed by atoms with Gasteiger partial charge in [0, 0.05) is 19.1 Å². The molecule has 1 aromatic carbocycles. The third-order valence-corrected chi connectivity index (χ3v) is 1.52. The summed E-state index contributed by atoms with van der Waals surface area (Å²) in [5.41, 5.74) is 0.293. The minimum Gasteiger partial charge on any atom is -0.258 e. The van der Waals surface area contributed by atoms with Gasteiger partial charge < -0.3 is 0 Å². The van der Waals surface area contributed by atoms with Crippen LogP contribution in [0.3, 0.4) is 0 Å². The van der Waals surface area contributed by atoms with E-state index in [1.54, 1.807) is 0 Å². The summed E-state index contributed by atoms with van der Waals surface area (Å²) in [7, 11) is 0. The molecule has 0 aliphatic rings. The van der Waals surface area contributed by atoms with Gasteiger partial charge in [-0.2, -0.15) is 0 Å². The van der Waals surface area contributed by atoms with Gasteiger partial charge in [0.15, 0.2) is 0 Å². The summed E-state index contributed by atoms with van der Waals surface area (Å²) in [6, 6.07) is 3.93. The fourth-order valence-corrected chi connectivity index (χ4v) is 0.804. The molecule has 1 rings (SSSR count). The van der Waals surface area contributed by atoms with E-state index in [1.165, 1.54) is 18.2 Å². The first kappa shape index (κ1) is 8.01. The second-order valence-electron chi connectivity index (χ2n) is 1.96. The van der Waals surface area contributed by atoms with Crippen molar-refractivity contribution in [1.82, 2.24) is 0 Å². The van der Waals surface area contributed by atoms with E-state index in [9.17, 15) is 10.1 Å². The Morgan fingerprint density at radius 1 is 1.55 bits per heavy atom. The molecule has 3 nitrogen and oxygen atoms in total. The van der Waals surface area contributed by atoms with Crippen LogP contribution in [0.15, 0.2) is 18.2 Å². The first-order chi connectivity index (χ1) is 5.11. The summed E-state index contributed by atoms with van der Waals surface area (Å²) in [6.07, 6.45) is 0. The van der Waals surface area contributed by atoms with Crippen molar-refractivity contribution in [2.45, 2.75) is 0 Å². The van der Waals surface area contributed by atoms with Gasteiger partial charge in [0.1, 0.15) is 0 Å². The van der Waals surface area contributed by atoms with E-state index in [4.69, 9.17) is 18.5 Å². The lowest BCUT2D eigenvalue weighted by Crippen LogP contribution is -1.87. The molecular weight excluding hydrogens is 166 g/mol. The lowest BCUT2D eigenvalue weighted by molar-refractivity contribution is -0.384. The van der Waals surface area contributed by atoms with Crippen molar-refractivity contribution in [2.75, 3.05) is 0 Å². The SMILES string of the molecule is [CH]c1ccc([N+](=O)[O-])cc1Cl. The fraction of sp³-hybridized carbons (Fsp3) is 0. The molecule has 2 radical (unpaired) electrons. The summed E-state index contributed by atoms with van der Waals surface area (Å²) in [5.74, 6) is 0. The van der Waals surface area contributed by atoms with Crippen LogP contribution in [-0.2, 0) is 0 Å². The van der Waals surface area contributed by atoms with Gasteiger partial charge in [-0.05, 0) is 5.56 Å². The second-order valence-corrected chi connectivity index (χ2v) is 2.37. The third kappa shape index (κ3) is 1.68. The number of hydrogen-bond donors (Lipinski definition) is 0. The van der Waals surface area contributed by atoms with E-state index in [-0.39, 0.29) is 10.7 Å². The molecule has 11 heavy (non-hydrogen) atoms. The first-order valence-corrected chi connectivity index (χ1v) is 3.18. The number of rotatable bonds is 1. The van der Waals surface area contributed by atoms with Crippen LogP contribution in [0.2, 0.25) is 5.02 Å². The zero-order valence-corrected chi connectivity index (χ0v) is 6.21. The highest BCUT2D eigenvalue weighted by Gasteiger charge is 2.05. The highest BCUT2D eigenvalue weighted by molar-refractivity contribution is 6.31. The highest BCUT2D eigenvalue weighted by Crippen LogP contribution is 2.20. The molecule has 0 unspecified atom stereocenters. The van der Waals surface area contributed by atoms with E-state index in [1.807, 2.05) is 0 Å². The number of nitro benzene ring substituents is 1. The highest BCUT2D eigenvalue weighted by atomic mass is 35.5. The van der Waals surface area contributed by atoms with Crippen LogP contribution in [0, 0.1) is 17.0 Å². The van der Waals surface area contributed by atoms with Crippen molar-refractivity contribution in [2.24, 2.45) is 0 Å². The Morgan fingerprint density at radius 3 is 2.64 bits per heavy atom. The molecule has 0 aliphatic heterocycles. The average Bonchev–Trinajstić information content (AvgIpc) is 1.94. The van der Waals surface area contributed by atoms with Crippen LogP contribution in [0.1, 0.15) is 5.56 Å². The van der Waals surface area contributed by atoms with Gasteiger partial charge in [-0.1, -0.05) is 17.7 Å². The zero-order chi connectivity index (χ0) is 8.43. The van der Waals surface area contributed by atoms with Crippen LogP contribution in [0.4, 0.5) is 5.69 Å². The molecule has 0 atom stereocenters. The molecule has 0 saturated carbocycles. The molecule has 0 aliphatic carbocycles. The maximum Gasteiger partial charge on any atom is 0.270 e. The van der Waals surface area contributed by atoms with Crippen LogP contribution in [0.5, 0.6) is 0 Å². The number of hydrogen-bond acceptors (Lipinski definition) is 2. The summed E-state index contributed by atoms with van der Waals surface area (Å²) < 4.78 is 0. The van der Waals surface area contributed by atoms with Crippen molar-refractivity contribution in [3.05, 3.63) is 45.8 Å². The largest absolute Gasteiger partial charge is 0.270 e. The van der Waals surface area contributed by atoms with Gasteiger partial charge in [0.25, 0.3) is 5.69 Å². The molecule has 4 heteroatoms. The predicted molar refractivity (Wildman–Crippen MR) is 41.5 cm³/mol. The smallest absolute Gasteiger partial charge is 0.258 e. The van der Waals surface area contributed by atoms with Crippen molar-refractivity contribution in [3.63, 3.8) is 0 Å². The maximum absolute atomic E-state index is 10.2. The van der Waals surface area contributed by atoms with Crippen molar-refractivity contribution >= 4 is 17.3 Å². The van der Waals surface area contributed by atoms with E-state index in [0.717, 1.165) is 0 Å². The Hall–Kier alpha value is -1.09. The molecule has 0 spiro atoms. The molecule has 0 N–H and O–H groups in total. The number of halogens is 1. The van der Waals surface area contributed by atoms with Crippen molar-refractivity contribution in [1.29, 1.82) is 0 Å². The Balaban J connectivity index is 3.15. The second kappa shape index (κ2) is 2.88. The van der Waals surface area contributed by atoms with E-state index >= 15 is 0 Å². The molecule has 1 aromatic rings.